The van der Waals surface area contributed by atoms with E-state index in [0.717, 1.165) is 41.1 Å². The molecule has 0 amide bonds. The first kappa shape index (κ1) is 13.5. The lowest BCUT2D eigenvalue weighted by Crippen LogP contribution is -2.12. The van der Waals surface area contributed by atoms with Crippen molar-refractivity contribution in [3.63, 3.8) is 0 Å². The summed E-state index contributed by atoms with van der Waals surface area (Å²) in [4.78, 5) is 8.52. The summed E-state index contributed by atoms with van der Waals surface area (Å²) in [5, 5.41) is 4.30. The molecular weight excluding hydrogens is 262 g/mol. The summed E-state index contributed by atoms with van der Waals surface area (Å²) >= 11 is 0. The number of nitrogens with one attached hydrogen (secondary N) is 1. The summed E-state index contributed by atoms with van der Waals surface area (Å²) in [5.74, 6) is 1.63. The SMILES string of the molecule is CCNCc1cnccc1Oc1cccc2ncccc12. The van der Waals surface area contributed by atoms with Crippen molar-refractivity contribution in [1.29, 1.82) is 0 Å². The average molecular weight is 279 g/mol. The van der Waals surface area contributed by atoms with Gasteiger partial charge in [-0.05, 0) is 36.9 Å². The molecule has 0 unspecified atom stereocenters. The molecule has 0 aliphatic rings. The van der Waals surface area contributed by atoms with Crippen molar-refractivity contribution < 1.29 is 4.74 Å². The van der Waals surface area contributed by atoms with Gasteiger partial charge in [-0.2, -0.15) is 0 Å². The minimum atomic E-state index is 0.739. The number of hydrogen-bond donors (Lipinski definition) is 1. The van der Waals surface area contributed by atoms with E-state index in [1.54, 1.807) is 12.4 Å². The summed E-state index contributed by atoms with van der Waals surface area (Å²) in [6.45, 7) is 3.72. The summed E-state index contributed by atoms with van der Waals surface area (Å²) < 4.78 is 6.10. The van der Waals surface area contributed by atoms with Gasteiger partial charge in [-0.1, -0.05) is 13.0 Å². The zero-order chi connectivity index (χ0) is 14.5. The molecule has 4 heteroatoms. The molecule has 0 saturated heterocycles. The molecule has 3 rings (SSSR count). The van der Waals surface area contributed by atoms with Gasteiger partial charge in [0.05, 0.1) is 5.52 Å². The third-order valence-corrected chi connectivity index (χ3v) is 3.25. The highest BCUT2D eigenvalue weighted by Gasteiger charge is 2.07. The van der Waals surface area contributed by atoms with E-state index in [1.807, 2.05) is 42.6 Å². The van der Waals surface area contributed by atoms with E-state index >= 15 is 0 Å². The van der Waals surface area contributed by atoms with Crippen molar-refractivity contribution in [2.24, 2.45) is 0 Å². The maximum atomic E-state index is 6.10. The highest BCUT2D eigenvalue weighted by Crippen LogP contribution is 2.30. The molecule has 0 spiro atoms. The molecule has 2 heterocycles. The van der Waals surface area contributed by atoms with Gasteiger partial charge in [0.1, 0.15) is 11.5 Å². The number of pyridine rings is 2. The zero-order valence-corrected chi connectivity index (χ0v) is 11.9. The summed E-state index contributed by atoms with van der Waals surface area (Å²) in [6.07, 6.45) is 5.37. The van der Waals surface area contributed by atoms with E-state index in [1.165, 1.54) is 0 Å². The Morgan fingerprint density at radius 3 is 2.90 bits per heavy atom. The van der Waals surface area contributed by atoms with Crippen molar-refractivity contribution in [2.75, 3.05) is 6.54 Å². The van der Waals surface area contributed by atoms with Crippen LogP contribution in [0.2, 0.25) is 0 Å². The second-order valence-electron chi connectivity index (χ2n) is 4.69. The Kier molecular flexibility index (Phi) is 4.07. The fourth-order valence-corrected chi connectivity index (χ4v) is 2.19. The van der Waals surface area contributed by atoms with Crippen LogP contribution in [-0.2, 0) is 6.54 Å². The van der Waals surface area contributed by atoms with Crippen molar-refractivity contribution >= 4 is 10.9 Å². The molecule has 2 aromatic heterocycles. The minimum absolute atomic E-state index is 0.739. The fourth-order valence-electron chi connectivity index (χ4n) is 2.19. The van der Waals surface area contributed by atoms with Crippen molar-refractivity contribution in [2.45, 2.75) is 13.5 Å². The molecule has 0 aliphatic heterocycles. The van der Waals surface area contributed by atoms with Crippen LogP contribution in [0.25, 0.3) is 10.9 Å². The quantitative estimate of drug-likeness (QED) is 0.776. The van der Waals surface area contributed by atoms with Crippen LogP contribution in [0, 0.1) is 0 Å². The Balaban J connectivity index is 1.95. The van der Waals surface area contributed by atoms with Crippen LogP contribution in [0.1, 0.15) is 12.5 Å². The Hall–Kier alpha value is -2.46. The molecule has 0 bridgehead atoms. The summed E-state index contributed by atoms with van der Waals surface area (Å²) in [6, 6.07) is 11.7. The van der Waals surface area contributed by atoms with Gasteiger partial charge in [0.15, 0.2) is 0 Å². The Labute approximate surface area is 123 Å². The van der Waals surface area contributed by atoms with Gasteiger partial charge < -0.3 is 10.1 Å². The molecule has 0 aliphatic carbocycles. The topological polar surface area (TPSA) is 47.0 Å². The Bertz CT molecular complexity index is 737. The molecule has 106 valence electrons. The van der Waals surface area contributed by atoms with Gasteiger partial charge in [-0.3, -0.25) is 9.97 Å². The van der Waals surface area contributed by atoms with Crippen LogP contribution in [0.5, 0.6) is 11.5 Å². The molecule has 4 nitrogen and oxygen atoms in total. The van der Waals surface area contributed by atoms with Gasteiger partial charge in [0, 0.05) is 36.1 Å². The second-order valence-corrected chi connectivity index (χ2v) is 4.69. The molecule has 21 heavy (non-hydrogen) atoms. The first-order valence-corrected chi connectivity index (χ1v) is 7.03. The average Bonchev–Trinajstić information content (AvgIpc) is 2.54. The number of rotatable bonds is 5. The monoisotopic (exact) mass is 279 g/mol. The van der Waals surface area contributed by atoms with E-state index in [0.29, 0.717) is 0 Å². The largest absolute Gasteiger partial charge is 0.456 e. The third kappa shape index (κ3) is 3.01. The number of ether oxygens (including phenoxy) is 1. The van der Waals surface area contributed by atoms with Crippen LogP contribution in [-0.4, -0.2) is 16.5 Å². The number of aromatic nitrogens is 2. The van der Waals surface area contributed by atoms with E-state index in [4.69, 9.17) is 4.74 Å². The Morgan fingerprint density at radius 1 is 1.05 bits per heavy atom. The van der Waals surface area contributed by atoms with Crippen LogP contribution in [0.15, 0.2) is 55.0 Å². The lowest BCUT2D eigenvalue weighted by molar-refractivity contribution is 0.477. The first-order chi connectivity index (χ1) is 10.4. The zero-order valence-electron chi connectivity index (χ0n) is 11.9. The summed E-state index contributed by atoms with van der Waals surface area (Å²) in [7, 11) is 0. The molecule has 0 radical (unpaired) electrons. The molecule has 3 aromatic rings. The predicted molar refractivity (Wildman–Crippen MR) is 83.4 cm³/mol. The third-order valence-electron chi connectivity index (χ3n) is 3.25. The molecule has 1 N–H and O–H groups in total. The maximum absolute atomic E-state index is 6.10. The number of benzene rings is 1. The Morgan fingerprint density at radius 2 is 2.00 bits per heavy atom. The van der Waals surface area contributed by atoms with Gasteiger partial charge in [-0.25, -0.2) is 0 Å². The van der Waals surface area contributed by atoms with Gasteiger partial charge in [-0.15, -0.1) is 0 Å². The van der Waals surface area contributed by atoms with Gasteiger partial charge in [0.2, 0.25) is 0 Å². The van der Waals surface area contributed by atoms with E-state index in [9.17, 15) is 0 Å². The molecule has 0 saturated carbocycles. The molecule has 1 aromatic carbocycles. The van der Waals surface area contributed by atoms with E-state index in [2.05, 4.69) is 22.2 Å². The van der Waals surface area contributed by atoms with Crippen molar-refractivity contribution in [1.82, 2.24) is 15.3 Å². The first-order valence-electron chi connectivity index (χ1n) is 7.03. The standard InChI is InChI=1S/C17H17N3O/c1-2-18-11-13-12-19-10-8-16(13)21-17-7-3-6-15-14(17)5-4-9-20-15/h3-10,12,18H,2,11H2,1H3. The van der Waals surface area contributed by atoms with E-state index in [-0.39, 0.29) is 0 Å². The highest BCUT2D eigenvalue weighted by molar-refractivity contribution is 5.85. The molecular formula is C17H17N3O. The molecule has 0 fully saturated rings. The minimum Gasteiger partial charge on any atom is -0.456 e. The lowest BCUT2D eigenvalue weighted by Gasteiger charge is -2.12. The van der Waals surface area contributed by atoms with Crippen LogP contribution in [0.3, 0.4) is 0 Å². The predicted octanol–water partition coefficient (Wildman–Crippen LogP) is 3.53. The number of hydrogen-bond acceptors (Lipinski definition) is 4. The highest BCUT2D eigenvalue weighted by atomic mass is 16.5. The smallest absolute Gasteiger partial charge is 0.136 e. The van der Waals surface area contributed by atoms with Crippen LogP contribution < -0.4 is 10.1 Å². The van der Waals surface area contributed by atoms with Gasteiger partial charge in [0.25, 0.3) is 0 Å². The van der Waals surface area contributed by atoms with E-state index < -0.39 is 0 Å². The lowest BCUT2D eigenvalue weighted by atomic mass is 10.2. The second kappa shape index (κ2) is 6.33. The van der Waals surface area contributed by atoms with Crippen LogP contribution in [0.4, 0.5) is 0 Å². The number of nitrogens with zero attached hydrogens (tertiary/aromatic N) is 2. The van der Waals surface area contributed by atoms with Gasteiger partial charge >= 0.3 is 0 Å². The van der Waals surface area contributed by atoms with Crippen molar-refractivity contribution in [3.8, 4) is 11.5 Å². The maximum Gasteiger partial charge on any atom is 0.136 e. The summed E-state index contributed by atoms with van der Waals surface area (Å²) in [5.41, 5.74) is 1.97. The fraction of sp³-hybridized carbons (Fsp3) is 0.176. The molecule has 0 atom stereocenters. The normalized spacial score (nSPS) is 10.7. The van der Waals surface area contributed by atoms with Crippen molar-refractivity contribution in [3.05, 3.63) is 60.6 Å². The number of fused-ring (bicyclic) bond motifs is 1. The van der Waals surface area contributed by atoms with Crippen LogP contribution >= 0.6 is 0 Å².